The lowest BCUT2D eigenvalue weighted by Crippen LogP contribution is -2.40. The molecule has 3 amide bonds. The van der Waals surface area contributed by atoms with Crippen LogP contribution in [-0.2, 0) is 10.3 Å². The highest BCUT2D eigenvalue weighted by Crippen LogP contribution is 2.31. The van der Waals surface area contributed by atoms with Crippen LogP contribution in [0.15, 0.2) is 24.3 Å². The predicted molar refractivity (Wildman–Crippen MR) is 66.3 cm³/mol. The van der Waals surface area contributed by atoms with Crippen molar-refractivity contribution in [3.63, 3.8) is 0 Å². The van der Waals surface area contributed by atoms with E-state index in [9.17, 15) is 22.8 Å². The molecule has 0 bridgehead atoms. The second-order valence-corrected chi connectivity index (χ2v) is 4.68. The molecular formula is C13H10F3N3O3. The summed E-state index contributed by atoms with van der Waals surface area (Å²) in [5, 5.41) is 11.0. The summed E-state index contributed by atoms with van der Waals surface area (Å²) >= 11 is 0. The van der Waals surface area contributed by atoms with Gasteiger partial charge in [0.05, 0.1) is 6.07 Å². The van der Waals surface area contributed by atoms with Gasteiger partial charge in [0.2, 0.25) is 0 Å². The molecule has 2 rings (SSSR count). The second-order valence-electron chi connectivity index (χ2n) is 4.68. The number of hydrogen-bond donors (Lipinski definition) is 1. The van der Waals surface area contributed by atoms with Crippen LogP contribution in [-0.4, -0.2) is 29.7 Å². The maximum absolute atomic E-state index is 12.2. The van der Waals surface area contributed by atoms with Gasteiger partial charge in [-0.05, 0) is 24.6 Å². The highest BCUT2D eigenvalue weighted by Gasteiger charge is 2.48. The third kappa shape index (κ3) is 2.81. The number of benzene rings is 1. The van der Waals surface area contributed by atoms with Crippen LogP contribution < -0.4 is 10.1 Å². The zero-order valence-electron chi connectivity index (χ0n) is 11.3. The van der Waals surface area contributed by atoms with Crippen LogP contribution in [0.1, 0.15) is 12.5 Å². The van der Waals surface area contributed by atoms with Gasteiger partial charge in [-0.1, -0.05) is 12.1 Å². The van der Waals surface area contributed by atoms with Gasteiger partial charge in [0, 0.05) is 0 Å². The van der Waals surface area contributed by atoms with Crippen LogP contribution in [0, 0.1) is 11.3 Å². The van der Waals surface area contributed by atoms with E-state index >= 15 is 0 Å². The maximum atomic E-state index is 12.2. The van der Waals surface area contributed by atoms with E-state index in [1.165, 1.54) is 19.1 Å². The fourth-order valence-corrected chi connectivity index (χ4v) is 2.10. The summed E-state index contributed by atoms with van der Waals surface area (Å²) < 4.78 is 40.0. The van der Waals surface area contributed by atoms with Crippen LogP contribution >= 0.6 is 0 Å². The largest absolute Gasteiger partial charge is 0.573 e. The van der Waals surface area contributed by atoms with E-state index in [-0.39, 0.29) is 5.56 Å². The molecule has 1 saturated heterocycles. The van der Waals surface area contributed by atoms with Crippen molar-refractivity contribution < 1.29 is 27.5 Å². The van der Waals surface area contributed by atoms with Crippen molar-refractivity contribution in [3.8, 4) is 11.8 Å². The zero-order valence-corrected chi connectivity index (χ0v) is 11.3. The van der Waals surface area contributed by atoms with Gasteiger partial charge in [0.15, 0.2) is 0 Å². The number of nitriles is 1. The summed E-state index contributed by atoms with van der Waals surface area (Å²) in [7, 11) is 0. The molecule has 9 heteroatoms. The molecule has 1 aromatic carbocycles. The summed E-state index contributed by atoms with van der Waals surface area (Å²) in [5.41, 5.74) is -1.16. The third-order valence-electron chi connectivity index (χ3n) is 3.17. The van der Waals surface area contributed by atoms with E-state index in [0.717, 1.165) is 17.0 Å². The summed E-state index contributed by atoms with van der Waals surface area (Å²) in [4.78, 5) is 24.6. The summed E-state index contributed by atoms with van der Waals surface area (Å²) in [6, 6.07) is 5.54. The highest BCUT2D eigenvalue weighted by molar-refractivity contribution is 6.07. The van der Waals surface area contributed by atoms with Gasteiger partial charge >= 0.3 is 12.4 Å². The van der Waals surface area contributed by atoms with Crippen molar-refractivity contribution in [2.75, 3.05) is 6.54 Å². The van der Waals surface area contributed by atoms with Crippen LogP contribution in [0.3, 0.4) is 0 Å². The van der Waals surface area contributed by atoms with Gasteiger partial charge in [-0.15, -0.1) is 13.2 Å². The van der Waals surface area contributed by atoms with E-state index in [1.807, 2.05) is 0 Å². The van der Waals surface area contributed by atoms with Crippen molar-refractivity contribution in [1.82, 2.24) is 10.2 Å². The standard InChI is InChI=1S/C13H10F3N3O3/c1-12(10(20)19(7-6-17)11(21)18-12)8-2-4-9(5-3-8)22-13(14,15)16/h2-5H,7H2,1H3,(H,18,21)/t12-/m1/s1. The monoisotopic (exact) mass is 313 g/mol. The smallest absolute Gasteiger partial charge is 0.406 e. The Bertz CT molecular complexity index is 651. The maximum Gasteiger partial charge on any atom is 0.573 e. The first-order chi connectivity index (χ1) is 10.2. The highest BCUT2D eigenvalue weighted by atomic mass is 19.4. The topological polar surface area (TPSA) is 82.4 Å². The molecule has 1 aliphatic rings. The van der Waals surface area contributed by atoms with Crippen molar-refractivity contribution >= 4 is 11.9 Å². The number of imide groups is 1. The summed E-state index contributed by atoms with van der Waals surface area (Å²) in [5.74, 6) is -1.09. The number of nitrogens with zero attached hydrogens (tertiary/aromatic N) is 2. The number of amides is 3. The first-order valence-electron chi connectivity index (χ1n) is 6.05. The van der Waals surface area contributed by atoms with Gasteiger partial charge in [0.25, 0.3) is 5.91 Å². The molecule has 0 unspecified atom stereocenters. The summed E-state index contributed by atoms with van der Waals surface area (Å²) in [6.45, 7) is 1.000. The van der Waals surface area contributed by atoms with Gasteiger partial charge in [0.1, 0.15) is 17.8 Å². The molecule has 1 aliphatic heterocycles. The number of nitrogens with one attached hydrogen (secondary N) is 1. The molecule has 116 valence electrons. The Morgan fingerprint density at radius 3 is 2.41 bits per heavy atom. The molecule has 1 fully saturated rings. The Morgan fingerprint density at radius 2 is 1.91 bits per heavy atom. The zero-order chi connectivity index (χ0) is 16.5. The predicted octanol–water partition coefficient (Wildman–Crippen LogP) is 1.88. The Labute approximate surface area is 123 Å². The van der Waals surface area contributed by atoms with Gasteiger partial charge in [-0.25, -0.2) is 9.69 Å². The fraction of sp³-hybridized carbons (Fsp3) is 0.308. The minimum absolute atomic E-state index is 0.279. The SMILES string of the molecule is C[C@]1(c2ccc(OC(F)(F)F)cc2)NC(=O)N(CC#N)C1=O. The van der Waals surface area contributed by atoms with Gasteiger partial charge in [-0.2, -0.15) is 5.26 Å². The Kier molecular flexibility index (Phi) is 3.70. The van der Waals surface area contributed by atoms with E-state index in [0.29, 0.717) is 0 Å². The third-order valence-corrected chi connectivity index (χ3v) is 3.17. The second kappa shape index (κ2) is 5.22. The lowest BCUT2D eigenvalue weighted by Gasteiger charge is -2.22. The van der Waals surface area contributed by atoms with E-state index in [4.69, 9.17) is 5.26 Å². The van der Waals surface area contributed by atoms with Crippen LogP contribution in [0.5, 0.6) is 5.75 Å². The molecule has 6 nitrogen and oxygen atoms in total. The minimum Gasteiger partial charge on any atom is -0.406 e. The lowest BCUT2D eigenvalue weighted by atomic mass is 9.92. The summed E-state index contributed by atoms with van der Waals surface area (Å²) in [6.07, 6.45) is -4.81. The first kappa shape index (κ1) is 15.6. The molecule has 1 aromatic rings. The normalized spacial score (nSPS) is 21.5. The molecule has 1 N–H and O–H groups in total. The van der Waals surface area contributed by atoms with Crippen LogP contribution in [0.2, 0.25) is 0 Å². The van der Waals surface area contributed by atoms with E-state index < -0.39 is 36.1 Å². The van der Waals surface area contributed by atoms with Crippen molar-refractivity contribution in [2.24, 2.45) is 0 Å². The molecule has 0 radical (unpaired) electrons. The average Bonchev–Trinajstić information content (AvgIpc) is 2.63. The number of alkyl halides is 3. The Morgan fingerprint density at radius 1 is 1.32 bits per heavy atom. The van der Waals surface area contributed by atoms with Crippen LogP contribution in [0.25, 0.3) is 0 Å². The van der Waals surface area contributed by atoms with E-state index in [1.54, 1.807) is 6.07 Å². The van der Waals surface area contributed by atoms with Gasteiger partial charge in [-0.3, -0.25) is 4.79 Å². The number of carbonyl (C=O) groups is 2. The molecular weight excluding hydrogens is 303 g/mol. The van der Waals surface area contributed by atoms with Crippen molar-refractivity contribution in [1.29, 1.82) is 5.26 Å². The molecule has 22 heavy (non-hydrogen) atoms. The number of halogens is 3. The molecule has 1 heterocycles. The minimum atomic E-state index is -4.81. The molecule has 0 spiro atoms. The lowest BCUT2D eigenvalue weighted by molar-refractivity contribution is -0.274. The molecule has 0 aliphatic carbocycles. The number of hydrogen-bond acceptors (Lipinski definition) is 4. The number of carbonyl (C=O) groups excluding carboxylic acids is 2. The molecule has 1 atom stereocenters. The Balaban J connectivity index is 2.26. The number of urea groups is 1. The Hall–Kier alpha value is -2.76. The van der Waals surface area contributed by atoms with Crippen LogP contribution in [0.4, 0.5) is 18.0 Å². The molecule has 0 saturated carbocycles. The fourth-order valence-electron chi connectivity index (χ4n) is 2.10. The van der Waals surface area contributed by atoms with E-state index in [2.05, 4.69) is 10.1 Å². The quantitative estimate of drug-likeness (QED) is 0.682. The van der Waals surface area contributed by atoms with Crippen molar-refractivity contribution in [3.05, 3.63) is 29.8 Å². The van der Waals surface area contributed by atoms with Crippen molar-refractivity contribution in [2.45, 2.75) is 18.8 Å². The number of rotatable bonds is 3. The average molecular weight is 313 g/mol. The molecule has 0 aromatic heterocycles. The first-order valence-corrected chi connectivity index (χ1v) is 6.05. The van der Waals surface area contributed by atoms with Gasteiger partial charge < -0.3 is 10.1 Å². The number of ether oxygens (including phenoxy) is 1.